The van der Waals surface area contributed by atoms with Gasteiger partial charge in [-0.25, -0.2) is 20.0 Å². The van der Waals surface area contributed by atoms with Gasteiger partial charge in [0.1, 0.15) is 41.6 Å². The van der Waals surface area contributed by atoms with Gasteiger partial charge in [0.2, 0.25) is 0 Å². The van der Waals surface area contributed by atoms with Gasteiger partial charge in [-0.2, -0.15) is 31.6 Å². The van der Waals surface area contributed by atoms with Gasteiger partial charge >= 0.3 is 0 Å². The molecule has 10 nitrogen and oxygen atoms in total. The van der Waals surface area contributed by atoms with E-state index in [2.05, 4.69) is 33.2 Å². The van der Waals surface area contributed by atoms with Crippen molar-refractivity contribution in [2.45, 2.75) is 46.0 Å². The summed E-state index contributed by atoms with van der Waals surface area (Å²) in [5, 5.41) is 58.3. The number of fused-ring (bicyclic) bond motifs is 6. The maximum absolute atomic E-state index is 9.97. The van der Waals surface area contributed by atoms with E-state index >= 15 is 0 Å². The van der Waals surface area contributed by atoms with Crippen LogP contribution in [0, 0.1) is 68.0 Å². The van der Waals surface area contributed by atoms with E-state index in [9.17, 15) is 31.6 Å². The van der Waals surface area contributed by atoms with Crippen LogP contribution in [0.4, 0.5) is 11.4 Å². The van der Waals surface area contributed by atoms with Crippen LogP contribution in [0.5, 0.6) is 0 Å². The minimum atomic E-state index is -0.387. The molecule has 2 aliphatic heterocycles. The molecule has 1 unspecified atom stereocenters. The van der Waals surface area contributed by atoms with Crippen molar-refractivity contribution >= 4 is 33.8 Å². The topological polar surface area (TPSA) is 193 Å². The smallest absolute Gasteiger partial charge is 0.177 e. The van der Waals surface area contributed by atoms with Crippen molar-refractivity contribution in [1.29, 1.82) is 31.6 Å². The van der Waals surface area contributed by atoms with Gasteiger partial charge in [-0.15, -0.1) is 0 Å². The van der Waals surface area contributed by atoms with Gasteiger partial charge in [0.15, 0.2) is 17.1 Å². The van der Waals surface area contributed by atoms with E-state index in [-0.39, 0.29) is 63.9 Å². The van der Waals surface area contributed by atoms with Crippen molar-refractivity contribution in [3.63, 3.8) is 0 Å². The molecule has 0 aliphatic carbocycles. The number of nitriles is 6. The average molecular weight is 480 g/mol. The number of nitrogens with zero attached hydrogens (tertiary/aromatic N) is 10. The summed E-state index contributed by atoms with van der Waals surface area (Å²) in [6.45, 7) is 5.57. The number of benzene rings is 1. The van der Waals surface area contributed by atoms with Gasteiger partial charge in [0.25, 0.3) is 0 Å². The van der Waals surface area contributed by atoms with E-state index in [1.165, 1.54) is 0 Å². The lowest BCUT2D eigenvalue weighted by Crippen LogP contribution is -2.06. The van der Waals surface area contributed by atoms with Crippen LogP contribution in [0.3, 0.4) is 0 Å². The normalized spacial score (nSPS) is 16.3. The van der Waals surface area contributed by atoms with E-state index < -0.39 is 0 Å². The molecule has 4 rings (SSSR count). The second-order valence-corrected chi connectivity index (χ2v) is 8.41. The standard InChI is InChI=1S/C27H16N10/c1-4-15-7-17-24-23(14(3)13(2)16(5-6-28)19(9-30)34-24)26-27(37-22(12-33)21(11-32)36-26)25(17)35-20(10-31)18(15)8-29/h14H,4-5,7H2,1-3H3. The lowest BCUT2D eigenvalue weighted by molar-refractivity contribution is 0.884. The highest BCUT2D eigenvalue weighted by Crippen LogP contribution is 2.49. The molecule has 37 heavy (non-hydrogen) atoms. The number of allylic oxidation sites excluding steroid dienone is 4. The van der Waals surface area contributed by atoms with E-state index in [1.54, 1.807) is 0 Å². The third-order valence-electron chi connectivity index (χ3n) is 6.69. The largest absolute Gasteiger partial charge is 0.237 e. The quantitative estimate of drug-likeness (QED) is 0.589. The Morgan fingerprint density at radius 3 is 1.97 bits per heavy atom. The van der Waals surface area contributed by atoms with Crippen molar-refractivity contribution in [3.05, 3.63) is 44.8 Å². The van der Waals surface area contributed by atoms with Crippen LogP contribution >= 0.6 is 0 Å². The molecule has 174 valence electrons. The van der Waals surface area contributed by atoms with Gasteiger partial charge in [0.05, 0.1) is 35.0 Å². The second kappa shape index (κ2) is 9.52. The zero-order valence-corrected chi connectivity index (χ0v) is 20.2. The first kappa shape index (κ1) is 24.4. The first-order chi connectivity index (χ1) is 17.9. The summed E-state index contributed by atoms with van der Waals surface area (Å²) in [6, 6.07) is 12.1. The van der Waals surface area contributed by atoms with E-state index in [4.69, 9.17) is 4.99 Å². The number of aliphatic imine (C=N–C) groups is 2. The highest BCUT2D eigenvalue weighted by molar-refractivity contribution is 6.18. The molecular formula is C27H16N10. The van der Waals surface area contributed by atoms with Crippen LogP contribution in [0.25, 0.3) is 11.0 Å². The summed E-state index contributed by atoms with van der Waals surface area (Å²) >= 11 is 0. The van der Waals surface area contributed by atoms with Gasteiger partial charge < -0.3 is 0 Å². The number of rotatable bonds is 2. The van der Waals surface area contributed by atoms with Crippen LogP contribution in [-0.4, -0.2) is 21.4 Å². The minimum Gasteiger partial charge on any atom is -0.237 e. The summed E-state index contributed by atoms with van der Waals surface area (Å²) in [6.07, 6.45) is 0.631. The van der Waals surface area contributed by atoms with Crippen LogP contribution in [0.1, 0.15) is 62.0 Å². The predicted octanol–water partition coefficient (Wildman–Crippen LogP) is 4.70. The Kier molecular flexibility index (Phi) is 6.29. The molecule has 0 amide bonds. The molecule has 1 aromatic heterocycles. The SMILES string of the molecule is CCC1=C(C#N)C(C#N)=Nc2c(c3c(c4nc(C#N)c(C#N)nc24)C(C)C(C)=C(CC#N)C(C#N)=N3)C1. The van der Waals surface area contributed by atoms with Crippen LogP contribution in [0.15, 0.2) is 32.3 Å². The molecule has 0 radical (unpaired) electrons. The molecule has 1 aromatic carbocycles. The number of hydrogen-bond donors (Lipinski definition) is 0. The Labute approximate surface area is 212 Å². The fourth-order valence-corrected chi connectivity index (χ4v) is 4.69. The van der Waals surface area contributed by atoms with Crippen molar-refractivity contribution in [2.75, 3.05) is 0 Å². The summed E-state index contributed by atoms with van der Waals surface area (Å²) < 4.78 is 0. The molecule has 3 heterocycles. The lowest BCUT2D eigenvalue weighted by Gasteiger charge is -2.21. The Morgan fingerprint density at radius 2 is 1.43 bits per heavy atom. The molecule has 2 aromatic rings. The Balaban J connectivity index is 2.32. The van der Waals surface area contributed by atoms with Crippen LogP contribution < -0.4 is 0 Å². The molecule has 0 N–H and O–H groups in total. The first-order valence-electron chi connectivity index (χ1n) is 11.3. The molecule has 0 saturated carbocycles. The fraction of sp³-hybridized carbons (Fsp3) is 0.259. The van der Waals surface area contributed by atoms with Gasteiger partial charge in [0, 0.05) is 22.6 Å². The monoisotopic (exact) mass is 480 g/mol. The highest BCUT2D eigenvalue weighted by atomic mass is 14.9. The maximum atomic E-state index is 9.97. The van der Waals surface area contributed by atoms with E-state index in [1.807, 2.05) is 39.0 Å². The minimum absolute atomic E-state index is 0.0280. The zero-order chi connectivity index (χ0) is 26.9. The van der Waals surface area contributed by atoms with Gasteiger partial charge in [-0.1, -0.05) is 19.4 Å². The van der Waals surface area contributed by atoms with Crippen LogP contribution in [0.2, 0.25) is 0 Å². The average Bonchev–Trinajstić information content (AvgIpc) is 3.15. The summed E-state index contributed by atoms with van der Waals surface area (Å²) in [4.78, 5) is 18.1. The van der Waals surface area contributed by atoms with E-state index in [0.29, 0.717) is 34.4 Å². The van der Waals surface area contributed by atoms with Crippen molar-refractivity contribution in [2.24, 2.45) is 9.98 Å². The zero-order valence-electron chi connectivity index (χ0n) is 20.2. The third kappa shape index (κ3) is 3.68. The highest BCUT2D eigenvalue weighted by Gasteiger charge is 2.33. The van der Waals surface area contributed by atoms with Crippen molar-refractivity contribution in [1.82, 2.24) is 9.97 Å². The fourth-order valence-electron chi connectivity index (χ4n) is 4.69. The molecule has 2 aliphatic rings. The molecule has 0 bridgehead atoms. The molecule has 1 atom stereocenters. The van der Waals surface area contributed by atoms with E-state index in [0.717, 1.165) is 5.57 Å². The van der Waals surface area contributed by atoms with Gasteiger partial charge in [-0.3, -0.25) is 0 Å². The molecular weight excluding hydrogens is 464 g/mol. The summed E-state index contributed by atoms with van der Waals surface area (Å²) in [7, 11) is 0. The number of hydrogen-bond acceptors (Lipinski definition) is 10. The maximum Gasteiger partial charge on any atom is 0.177 e. The molecule has 10 heteroatoms. The Bertz CT molecular complexity index is 1790. The Morgan fingerprint density at radius 1 is 0.811 bits per heavy atom. The lowest BCUT2D eigenvalue weighted by atomic mass is 9.85. The van der Waals surface area contributed by atoms with Crippen molar-refractivity contribution in [3.8, 4) is 36.4 Å². The molecule has 0 saturated heterocycles. The number of aromatic nitrogens is 2. The molecule has 0 fully saturated rings. The second-order valence-electron chi connectivity index (χ2n) is 8.41. The summed E-state index contributed by atoms with van der Waals surface area (Å²) in [5.41, 5.74) is 3.81. The van der Waals surface area contributed by atoms with Crippen molar-refractivity contribution < 1.29 is 0 Å². The first-order valence-corrected chi connectivity index (χ1v) is 11.3. The third-order valence-corrected chi connectivity index (χ3v) is 6.69. The van der Waals surface area contributed by atoms with Crippen LogP contribution in [-0.2, 0) is 6.42 Å². The Hall–Kier alpha value is -5.68. The predicted molar refractivity (Wildman–Crippen MR) is 132 cm³/mol. The van der Waals surface area contributed by atoms with Gasteiger partial charge in [-0.05, 0) is 25.3 Å². The molecule has 0 spiro atoms. The summed E-state index contributed by atoms with van der Waals surface area (Å²) in [5.74, 6) is -0.387.